The molecule has 4 rings (SSSR count). The lowest BCUT2D eigenvalue weighted by Gasteiger charge is -2.13. The van der Waals surface area contributed by atoms with Crippen LogP contribution in [0.25, 0.3) is 11.0 Å². The normalized spacial score (nSPS) is 11.1. The third-order valence-electron chi connectivity index (χ3n) is 4.56. The number of rotatable bonds is 7. The van der Waals surface area contributed by atoms with Crippen LogP contribution >= 0.6 is 23.2 Å². The van der Waals surface area contributed by atoms with Gasteiger partial charge in [0.25, 0.3) is 0 Å². The Labute approximate surface area is 194 Å². The number of fused-ring (bicyclic) bond motifs is 1. The van der Waals surface area contributed by atoms with E-state index in [2.05, 4.69) is 10.5 Å². The Hall–Kier alpha value is -3.48. The minimum absolute atomic E-state index is 0.125. The van der Waals surface area contributed by atoms with Crippen LogP contribution in [0.4, 0.5) is 0 Å². The average Bonchev–Trinajstić information content (AvgIpc) is 3.22. The van der Waals surface area contributed by atoms with Gasteiger partial charge < -0.3 is 13.9 Å². The van der Waals surface area contributed by atoms with E-state index in [9.17, 15) is 4.79 Å². The van der Waals surface area contributed by atoms with E-state index in [-0.39, 0.29) is 5.76 Å². The second kappa shape index (κ2) is 9.77. The third-order valence-corrected chi connectivity index (χ3v) is 5.08. The Kier molecular flexibility index (Phi) is 6.63. The highest BCUT2D eigenvalue weighted by molar-refractivity contribution is 6.32. The molecule has 0 fully saturated rings. The van der Waals surface area contributed by atoms with Crippen LogP contribution in [0.1, 0.15) is 21.7 Å². The molecule has 0 aliphatic heterocycles. The van der Waals surface area contributed by atoms with Gasteiger partial charge in [0.05, 0.1) is 18.3 Å². The first-order chi connectivity index (χ1) is 15.5. The molecule has 0 aliphatic carbocycles. The maximum atomic E-state index is 12.3. The van der Waals surface area contributed by atoms with Gasteiger partial charge in [0.2, 0.25) is 0 Å². The molecule has 1 amide bonds. The van der Waals surface area contributed by atoms with E-state index in [1.807, 2.05) is 30.3 Å². The number of hydrazone groups is 1. The zero-order chi connectivity index (χ0) is 22.5. The fourth-order valence-corrected chi connectivity index (χ4v) is 3.48. The van der Waals surface area contributed by atoms with Gasteiger partial charge in [-0.15, -0.1) is 0 Å². The minimum Gasteiger partial charge on any atom is -0.493 e. The Bertz CT molecular complexity index is 1290. The molecule has 0 atom stereocenters. The highest BCUT2D eigenvalue weighted by Crippen LogP contribution is 2.36. The van der Waals surface area contributed by atoms with E-state index in [4.69, 9.17) is 37.1 Å². The van der Waals surface area contributed by atoms with Gasteiger partial charge in [-0.1, -0.05) is 53.5 Å². The number of carbonyl (C=O) groups excluding carboxylic acids is 1. The van der Waals surface area contributed by atoms with Crippen molar-refractivity contribution in [1.82, 2.24) is 5.43 Å². The van der Waals surface area contributed by atoms with Gasteiger partial charge in [-0.05, 0) is 47.5 Å². The Morgan fingerprint density at radius 3 is 2.69 bits per heavy atom. The minimum atomic E-state index is -0.491. The number of carbonyl (C=O) groups is 1. The molecule has 0 aliphatic rings. The Balaban J connectivity index is 1.44. The van der Waals surface area contributed by atoms with E-state index in [0.717, 1.165) is 10.9 Å². The van der Waals surface area contributed by atoms with Crippen LogP contribution in [0.5, 0.6) is 11.5 Å². The molecule has 32 heavy (non-hydrogen) atoms. The van der Waals surface area contributed by atoms with Crippen LogP contribution < -0.4 is 14.9 Å². The van der Waals surface area contributed by atoms with E-state index in [1.165, 1.54) is 13.3 Å². The number of hydrogen-bond donors (Lipinski definition) is 1. The van der Waals surface area contributed by atoms with Crippen molar-refractivity contribution in [2.75, 3.05) is 7.11 Å². The van der Waals surface area contributed by atoms with Crippen LogP contribution in [-0.4, -0.2) is 19.2 Å². The van der Waals surface area contributed by atoms with E-state index >= 15 is 0 Å². The molecule has 0 unspecified atom stereocenters. The number of furan rings is 1. The number of benzene rings is 3. The van der Waals surface area contributed by atoms with Crippen LogP contribution in [-0.2, 0) is 6.61 Å². The lowest BCUT2D eigenvalue weighted by molar-refractivity contribution is 0.0929. The van der Waals surface area contributed by atoms with Gasteiger partial charge in [0, 0.05) is 10.4 Å². The molecule has 162 valence electrons. The van der Waals surface area contributed by atoms with Crippen molar-refractivity contribution in [2.24, 2.45) is 5.10 Å². The summed E-state index contributed by atoms with van der Waals surface area (Å²) in [6.45, 7) is 0.350. The number of nitrogens with zero attached hydrogens (tertiary/aromatic N) is 1. The van der Waals surface area contributed by atoms with Crippen LogP contribution in [0.3, 0.4) is 0 Å². The maximum Gasteiger partial charge on any atom is 0.307 e. The van der Waals surface area contributed by atoms with E-state index in [0.29, 0.717) is 39.3 Å². The second-order valence-electron chi connectivity index (χ2n) is 6.80. The van der Waals surface area contributed by atoms with Crippen LogP contribution in [0.15, 0.2) is 76.2 Å². The number of methoxy groups -OCH3 is 1. The predicted molar refractivity (Wildman–Crippen MR) is 125 cm³/mol. The summed E-state index contributed by atoms with van der Waals surface area (Å²) >= 11 is 12.4. The smallest absolute Gasteiger partial charge is 0.307 e. The Morgan fingerprint density at radius 2 is 1.91 bits per heavy atom. The molecule has 0 saturated carbocycles. The molecular weight excluding hydrogens is 451 g/mol. The SMILES string of the molecule is COc1cc(/C=N/NC(=O)c2cc3cc(Cl)ccc3o2)cc(Cl)c1OCc1ccccc1. The van der Waals surface area contributed by atoms with Crippen molar-refractivity contribution in [3.63, 3.8) is 0 Å². The molecular formula is C24H18Cl2N2O4. The van der Waals surface area contributed by atoms with Gasteiger partial charge in [-0.2, -0.15) is 5.10 Å². The standard InChI is InChI=1S/C24H18Cl2N2O4/c1-30-21-10-16(9-19(26)23(21)31-14-15-5-3-2-4-6-15)13-27-28-24(29)22-12-17-11-18(25)7-8-20(17)32-22/h2-13H,14H2,1H3,(H,28,29)/b27-13+. The van der Waals surface area contributed by atoms with Crippen LogP contribution in [0, 0.1) is 0 Å². The summed E-state index contributed by atoms with van der Waals surface area (Å²) in [5, 5.41) is 5.63. The highest BCUT2D eigenvalue weighted by atomic mass is 35.5. The van der Waals surface area contributed by atoms with Gasteiger partial charge in [0.1, 0.15) is 12.2 Å². The lowest BCUT2D eigenvalue weighted by Crippen LogP contribution is -2.16. The monoisotopic (exact) mass is 468 g/mol. The van der Waals surface area contributed by atoms with E-state index in [1.54, 1.807) is 36.4 Å². The van der Waals surface area contributed by atoms with Gasteiger partial charge in [-0.25, -0.2) is 5.43 Å². The molecule has 0 bridgehead atoms. The largest absolute Gasteiger partial charge is 0.493 e. The quantitative estimate of drug-likeness (QED) is 0.263. The molecule has 4 aromatic rings. The van der Waals surface area contributed by atoms with Crippen LogP contribution in [0.2, 0.25) is 10.0 Å². The van der Waals surface area contributed by atoms with Crippen molar-refractivity contribution < 1.29 is 18.7 Å². The molecule has 0 saturated heterocycles. The number of halogens is 2. The maximum absolute atomic E-state index is 12.3. The summed E-state index contributed by atoms with van der Waals surface area (Å²) in [6, 6.07) is 19.8. The van der Waals surface area contributed by atoms with Crippen molar-refractivity contribution >= 4 is 46.3 Å². The first kappa shape index (κ1) is 21.7. The number of ether oxygens (including phenoxy) is 2. The predicted octanol–water partition coefficient (Wildman–Crippen LogP) is 6.09. The highest BCUT2D eigenvalue weighted by Gasteiger charge is 2.13. The number of hydrogen-bond acceptors (Lipinski definition) is 5. The fraction of sp³-hybridized carbons (Fsp3) is 0.0833. The van der Waals surface area contributed by atoms with E-state index < -0.39 is 5.91 Å². The molecule has 1 heterocycles. The molecule has 6 nitrogen and oxygen atoms in total. The van der Waals surface area contributed by atoms with Gasteiger partial charge in [0.15, 0.2) is 17.3 Å². The first-order valence-corrected chi connectivity index (χ1v) is 10.4. The van der Waals surface area contributed by atoms with Gasteiger partial charge in [-0.3, -0.25) is 4.79 Å². The van der Waals surface area contributed by atoms with Crippen molar-refractivity contribution in [1.29, 1.82) is 0 Å². The molecule has 1 N–H and O–H groups in total. The zero-order valence-corrected chi connectivity index (χ0v) is 18.5. The summed E-state index contributed by atoms with van der Waals surface area (Å²) in [6.07, 6.45) is 1.45. The summed E-state index contributed by atoms with van der Waals surface area (Å²) in [7, 11) is 1.53. The van der Waals surface area contributed by atoms with Crippen molar-refractivity contribution in [3.05, 3.63) is 93.7 Å². The average molecular weight is 469 g/mol. The third kappa shape index (κ3) is 5.04. The molecule has 0 radical (unpaired) electrons. The van der Waals surface area contributed by atoms with Crippen molar-refractivity contribution in [2.45, 2.75) is 6.61 Å². The molecule has 3 aromatic carbocycles. The lowest BCUT2D eigenvalue weighted by atomic mass is 10.2. The first-order valence-electron chi connectivity index (χ1n) is 9.60. The summed E-state index contributed by atoms with van der Waals surface area (Å²) < 4.78 is 16.8. The van der Waals surface area contributed by atoms with Crippen molar-refractivity contribution in [3.8, 4) is 11.5 Å². The fourth-order valence-electron chi connectivity index (χ4n) is 3.03. The number of amides is 1. The molecule has 0 spiro atoms. The molecule has 1 aromatic heterocycles. The van der Waals surface area contributed by atoms with Gasteiger partial charge >= 0.3 is 5.91 Å². The topological polar surface area (TPSA) is 73.1 Å². The second-order valence-corrected chi connectivity index (χ2v) is 7.64. The molecule has 8 heteroatoms. The number of nitrogens with one attached hydrogen (secondary N) is 1. The Morgan fingerprint density at radius 1 is 1.09 bits per heavy atom. The zero-order valence-electron chi connectivity index (χ0n) is 17.0. The summed E-state index contributed by atoms with van der Waals surface area (Å²) in [5.41, 5.74) is 4.62. The summed E-state index contributed by atoms with van der Waals surface area (Å²) in [5.74, 6) is 0.518. The summed E-state index contributed by atoms with van der Waals surface area (Å²) in [4.78, 5) is 12.3.